The monoisotopic (exact) mass is 375 g/mol. The maximum absolute atomic E-state index is 6.18. The van der Waals surface area contributed by atoms with Crippen LogP contribution in [0.3, 0.4) is 0 Å². The molecule has 3 rings (SSSR count). The highest BCUT2D eigenvalue weighted by molar-refractivity contribution is 7.99. The summed E-state index contributed by atoms with van der Waals surface area (Å²) in [5.74, 6) is 1.14. The van der Waals surface area contributed by atoms with E-state index in [1.165, 1.54) is 22.2 Å². The number of fused-ring (bicyclic) bond motifs is 3. The van der Waals surface area contributed by atoms with Crippen LogP contribution in [0.5, 0.6) is 0 Å². The Bertz CT molecular complexity index is 754. The molecule has 2 aromatic heterocycles. The van der Waals surface area contributed by atoms with Gasteiger partial charge >= 0.3 is 0 Å². The van der Waals surface area contributed by atoms with Gasteiger partial charge < -0.3 is 10.5 Å². The second-order valence-electron chi connectivity index (χ2n) is 5.61. The van der Waals surface area contributed by atoms with Crippen molar-refractivity contribution in [2.45, 2.75) is 37.6 Å². The molecule has 118 valence electrons. The lowest BCUT2D eigenvalue weighted by atomic mass is 9.94. The molecule has 1 aliphatic heterocycles. The van der Waals surface area contributed by atoms with E-state index in [0.717, 1.165) is 16.6 Å². The maximum Gasteiger partial charge on any atom is 0.191 e. The fraction of sp³-hybridized carbons (Fsp3) is 0.429. The van der Waals surface area contributed by atoms with Gasteiger partial charge in [0, 0.05) is 17.1 Å². The van der Waals surface area contributed by atoms with Crippen LogP contribution in [0.2, 0.25) is 0 Å². The van der Waals surface area contributed by atoms with Crippen molar-refractivity contribution in [1.29, 1.82) is 0 Å². The quantitative estimate of drug-likeness (QED) is 0.630. The van der Waals surface area contributed by atoms with Gasteiger partial charge in [-0.3, -0.25) is 0 Å². The second kappa shape index (κ2) is 6.17. The summed E-state index contributed by atoms with van der Waals surface area (Å²) in [5.41, 5.74) is 7.23. The van der Waals surface area contributed by atoms with E-state index < -0.39 is 0 Å². The molecule has 0 saturated carbocycles. The number of hydrogen-bond acceptors (Lipinski definition) is 6. The predicted octanol–water partition coefficient (Wildman–Crippen LogP) is 4.54. The van der Waals surface area contributed by atoms with Crippen molar-refractivity contribution in [1.82, 2.24) is 9.97 Å². The van der Waals surface area contributed by atoms with Crippen LogP contribution in [0.1, 0.15) is 24.3 Å². The number of ether oxygens (including phenoxy) is 1. The van der Waals surface area contributed by atoms with Crippen LogP contribution in [0.25, 0.3) is 10.2 Å². The highest BCUT2D eigenvalue weighted by Gasteiger charge is 2.30. The first-order valence-electron chi connectivity index (χ1n) is 6.71. The molecular weight excluding hydrogens is 361 g/mol. The van der Waals surface area contributed by atoms with E-state index in [-0.39, 0.29) is 10.1 Å². The predicted molar refractivity (Wildman–Crippen MR) is 94.9 cm³/mol. The molecule has 0 bridgehead atoms. The lowest BCUT2D eigenvalue weighted by Gasteiger charge is -2.30. The molecule has 0 unspecified atom stereocenters. The molecule has 1 aliphatic rings. The molecule has 0 radical (unpaired) electrons. The molecule has 8 heteroatoms. The Morgan fingerprint density at radius 1 is 1.45 bits per heavy atom. The normalized spacial score (nSPS) is 16.5. The van der Waals surface area contributed by atoms with Crippen LogP contribution < -0.4 is 5.73 Å². The first kappa shape index (κ1) is 16.3. The molecule has 3 heterocycles. The number of nitrogens with two attached hydrogens (primary N) is 1. The first-order chi connectivity index (χ1) is 10.4. The Kier molecular flexibility index (Phi) is 4.58. The van der Waals surface area contributed by atoms with Gasteiger partial charge in [0.15, 0.2) is 5.16 Å². The van der Waals surface area contributed by atoms with Gasteiger partial charge in [-0.25, -0.2) is 9.97 Å². The van der Waals surface area contributed by atoms with Gasteiger partial charge in [-0.05, 0) is 25.5 Å². The third-order valence-electron chi connectivity index (χ3n) is 3.39. The Morgan fingerprint density at radius 2 is 2.23 bits per heavy atom. The molecule has 0 atom stereocenters. The Balaban J connectivity index is 1.97. The van der Waals surface area contributed by atoms with Crippen LogP contribution in [-0.4, -0.2) is 21.3 Å². The summed E-state index contributed by atoms with van der Waals surface area (Å²) in [6.45, 7) is 4.78. The van der Waals surface area contributed by atoms with Gasteiger partial charge in [0.2, 0.25) is 0 Å². The van der Waals surface area contributed by atoms with Gasteiger partial charge in [0.1, 0.15) is 15.1 Å². The number of thioether (sulfide) groups is 1. The minimum Gasteiger partial charge on any atom is -0.383 e. The van der Waals surface area contributed by atoms with Crippen LogP contribution in [0.4, 0.5) is 5.82 Å². The third kappa shape index (κ3) is 3.36. The SMILES string of the molecule is CC1(C)Cc2c(sc3nc(SCC=C(Cl)Cl)nc(N)c23)CO1. The molecule has 0 saturated heterocycles. The lowest BCUT2D eigenvalue weighted by Crippen LogP contribution is -2.31. The van der Waals surface area contributed by atoms with Crippen LogP contribution in [0, 0.1) is 0 Å². The van der Waals surface area contributed by atoms with E-state index in [9.17, 15) is 0 Å². The van der Waals surface area contributed by atoms with Gasteiger partial charge in [0.05, 0.1) is 17.6 Å². The topological polar surface area (TPSA) is 61.0 Å². The smallest absolute Gasteiger partial charge is 0.191 e. The molecule has 4 nitrogen and oxygen atoms in total. The molecule has 0 aliphatic carbocycles. The molecule has 0 aromatic carbocycles. The van der Waals surface area contributed by atoms with Crippen molar-refractivity contribution in [2.75, 3.05) is 11.5 Å². The van der Waals surface area contributed by atoms with Crippen molar-refractivity contribution in [3.8, 4) is 0 Å². The van der Waals surface area contributed by atoms with E-state index in [1.807, 2.05) is 0 Å². The molecule has 22 heavy (non-hydrogen) atoms. The molecule has 0 fully saturated rings. The number of nitrogens with zero attached hydrogens (tertiary/aromatic N) is 2. The minimum atomic E-state index is -0.178. The van der Waals surface area contributed by atoms with E-state index in [0.29, 0.717) is 23.3 Å². The van der Waals surface area contributed by atoms with Crippen LogP contribution >= 0.6 is 46.3 Å². The minimum absolute atomic E-state index is 0.178. The van der Waals surface area contributed by atoms with Crippen molar-refractivity contribution >= 4 is 62.3 Å². The average molecular weight is 376 g/mol. The fourth-order valence-electron chi connectivity index (χ4n) is 2.40. The number of nitrogen functional groups attached to an aromatic ring is 1. The van der Waals surface area contributed by atoms with Gasteiger partial charge in [-0.1, -0.05) is 35.0 Å². The van der Waals surface area contributed by atoms with E-state index in [2.05, 4.69) is 23.8 Å². The van der Waals surface area contributed by atoms with E-state index >= 15 is 0 Å². The molecule has 0 amide bonds. The van der Waals surface area contributed by atoms with E-state index in [1.54, 1.807) is 17.4 Å². The van der Waals surface area contributed by atoms with Crippen molar-refractivity contribution < 1.29 is 4.74 Å². The molecule has 0 spiro atoms. The number of aromatic nitrogens is 2. The van der Waals surface area contributed by atoms with Crippen molar-refractivity contribution in [3.63, 3.8) is 0 Å². The molecule has 2 aromatic rings. The third-order valence-corrected chi connectivity index (χ3v) is 5.57. The van der Waals surface area contributed by atoms with Crippen LogP contribution in [-0.2, 0) is 17.8 Å². The number of rotatable bonds is 3. The zero-order valence-corrected chi connectivity index (χ0v) is 15.3. The number of halogens is 2. The highest BCUT2D eigenvalue weighted by Crippen LogP contribution is 2.40. The molecule has 2 N–H and O–H groups in total. The Hall–Kier alpha value is -0.530. The number of anilines is 1. The summed E-state index contributed by atoms with van der Waals surface area (Å²) in [6.07, 6.45) is 2.53. The summed E-state index contributed by atoms with van der Waals surface area (Å²) < 4.78 is 6.10. The summed E-state index contributed by atoms with van der Waals surface area (Å²) in [4.78, 5) is 11.1. The zero-order valence-electron chi connectivity index (χ0n) is 12.2. The maximum atomic E-state index is 6.18. The van der Waals surface area contributed by atoms with Crippen molar-refractivity contribution in [2.24, 2.45) is 0 Å². The largest absolute Gasteiger partial charge is 0.383 e. The van der Waals surface area contributed by atoms with Gasteiger partial charge in [-0.2, -0.15) is 0 Å². The second-order valence-corrected chi connectivity index (χ2v) is 8.68. The fourth-order valence-corrected chi connectivity index (χ4v) is 4.62. The number of thiophene rings is 1. The summed E-state index contributed by atoms with van der Waals surface area (Å²) in [6, 6.07) is 0. The summed E-state index contributed by atoms with van der Waals surface area (Å²) in [5, 5.41) is 1.61. The van der Waals surface area contributed by atoms with Gasteiger partial charge in [0.25, 0.3) is 0 Å². The summed E-state index contributed by atoms with van der Waals surface area (Å²) in [7, 11) is 0. The Morgan fingerprint density at radius 3 is 2.95 bits per heavy atom. The zero-order chi connectivity index (χ0) is 15.9. The summed E-state index contributed by atoms with van der Waals surface area (Å²) >= 11 is 14.3. The first-order valence-corrected chi connectivity index (χ1v) is 9.27. The molecular formula is C14H15Cl2N3OS2. The van der Waals surface area contributed by atoms with Crippen LogP contribution in [0.15, 0.2) is 15.7 Å². The number of hydrogen-bond donors (Lipinski definition) is 1. The highest BCUT2D eigenvalue weighted by atomic mass is 35.5. The Labute approximate surface area is 147 Å². The lowest BCUT2D eigenvalue weighted by molar-refractivity contribution is -0.0379. The average Bonchev–Trinajstić information content (AvgIpc) is 2.75. The van der Waals surface area contributed by atoms with Gasteiger partial charge in [-0.15, -0.1) is 11.3 Å². The van der Waals surface area contributed by atoms with E-state index in [4.69, 9.17) is 33.7 Å². The standard InChI is InChI=1S/C14H15Cl2N3OS2/c1-14(2)5-7-8(6-20-14)22-12-10(7)11(17)18-13(19-12)21-4-3-9(15)16/h3H,4-6H2,1-2H3,(H2,17,18,19). The van der Waals surface area contributed by atoms with Crippen molar-refractivity contribution in [3.05, 3.63) is 21.0 Å².